The lowest BCUT2D eigenvalue weighted by atomic mass is 9.98. The van der Waals surface area contributed by atoms with Gasteiger partial charge in [0.15, 0.2) is 0 Å². The fraction of sp³-hybridized carbons (Fsp3) is 0.444. The predicted octanol–water partition coefficient (Wildman–Crippen LogP) is 3.87. The number of hydrogen-bond donors (Lipinski definition) is 2. The number of alkyl carbamates (subject to hydrolysis) is 1. The molecular weight excluding hydrogens is 432 g/mol. The Balaban J connectivity index is 1.12. The Morgan fingerprint density at radius 1 is 1.03 bits per heavy atom. The zero-order chi connectivity index (χ0) is 23.8. The number of nitrogens with one attached hydrogen (secondary N) is 1. The van der Waals surface area contributed by atoms with Crippen molar-refractivity contribution in [2.45, 2.75) is 38.1 Å². The highest BCUT2D eigenvalue weighted by Crippen LogP contribution is 2.45. The molecule has 1 saturated carbocycles. The Bertz CT molecular complexity index is 1070. The van der Waals surface area contributed by atoms with E-state index < -0.39 is 18.0 Å². The Labute approximate surface area is 199 Å². The minimum absolute atomic E-state index is 0.0109. The summed E-state index contributed by atoms with van der Waals surface area (Å²) in [5.41, 5.74) is 4.70. The zero-order valence-corrected chi connectivity index (χ0v) is 19.3. The number of amides is 2. The summed E-state index contributed by atoms with van der Waals surface area (Å²) >= 11 is 0. The van der Waals surface area contributed by atoms with E-state index in [1.165, 1.54) is 22.3 Å². The molecule has 0 radical (unpaired) electrons. The van der Waals surface area contributed by atoms with E-state index in [0.29, 0.717) is 32.4 Å². The first-order chi connectivity index (χ1) is 16.5. The number of carboxylic acids is 1. The highest BCUT2D eigenvalue weighted by Gasteiger charge is 2.49. The van der Waals surface area contributed by atoms with Crippen LogP contribution >= 0.6 is 0 Å². The first-order valence-corrected chi connectivity index (χ1v) is 12.1. The van der Waals surface area contributed by atoms with Crippen molar-refractivity contribution in [3.05, 3.63) is 59.7 Å². The summed E-state index contributed by atoms with van der Waals surface area (Å²) < 4.78 is 5.58. The van der Waals surface area contributed by atoms with E-state index in [2.05, 4.69) is 29.6 Å². The van der Waals surface area contributed by atoms with Crippen molar-refractivity contribution in [2.75, 3.05) is 19.7 Å². The molecule has 7 heteroatoms. The van der Waals surface area contributed by atoms with Crippen LogP contribution in [0.5, 0.6) is 0 Å². The average molecular weight is 463 g/mol. The number of benzene rings is 2. The minimum Gasteiger partial charge on any atom is -0.481 e. The van der Waals surface area contributed by atoms with Gasteiger partial charge in [0, 0.05) is 31.0 Å². The Kier molecular flexibility index (Phi) is 6.02. The highest BCUT2D eigenvalue weighted by atomic mass is 16.5. The molecule has 178 valence electrons. The lowest BCUT2D eigenvalue weighted by Crippen LogP contribution is -2.40. The first kappa shape index (κ1) is 22.4. The summed E-state index contributed by atoms with van der Waals surface area (Å²) in [4.78, 5) is 38.5. The van der Waals surface area contributed by atoms with Gasteiger partial charge in [-0.05, 0) is 47.4 Å². The van der Waals surface area contributed by atoms with Crippen LogP contribution in [0.4, 0.5) is 4.79 Å². The monoisotopic (exact) mass is 462 g/mol. The third-order valence-corrected chi connectivity index (χ3v) is 7.66. The average Bonchev–Trinajstić information content (AvgIpc) is 3.38. The molecule has 2 unspecified atom stereocenters. The van der Waals surface area contributed by atoms with E-state index in [1.807, 2.05) is 31.2 Å². The second-order valence-electron chi connectivity index (χ2n) is 9.55. The predicted molar refractivity (Wildman–Crippen MR) is 126 cm³/mol. The number of aliphatic carboxylic acids is 1. The van der Waals surface area contributed by atoms with Gasteiger partial charge in [-0.2, -0.15) is 0 Å². The number of carboxylic acid groups (broad SMARTS) is 1. The number of ether oxygens (including phenoxy) is 1. The van der Waals surface area contributed by atoms with Gasteiger partial charge >= 0.3 is 12.1 Å². The topological polar surface area (TPSA) is 95.9 Å². The van der Waals surface area contributed by atoms with Crippen molar-refractivity contribution in [2.24, 2.45) is 17.8 Å². The zero-order valence-electron chi connectivity index (χ0n) is 19.3. The number of carbonyl (C=O) groups is 3. The van der Waals surface area contributed by atoms with Gasteiger partial charge in [-0.15, -0.1) is 0 Å². The molecule has 0 bridgehead atoms. The van der Waals surface area contributed by atoms with Crippen LogP contribution in [0.3, 0.4) is 0 Å². The van der Waals surface area contributed by atoms with Crippen molar-refractivity contribution in [3.63, 3.8) is 0 Å². The number of likely N-dealkylation sites (tertiary alicyclic amines) is 1. The maximum Gasteiger partial charge on any atom is 0.407 e. The third-order valence-electron chi connectivity index (χ3n) is 7.66. The summed E-state index contributed by atoms with van der Waals surface area (Å²) in [5.74, 6) is -1.34. The van der Waals surface area contributed by atoms with Gasteiger partial charge in [0.25, 0.3) is 0 Å². The molecule has 34 heavy (non-hydrogen) atoms. The maximum absolute atomic E-state index is 12.9. The molecule has 2 aromatic rings. The van der Waals surface area contributed by atoms with Gasteiger partial charge < -0.3 is 20.1 Å². The standard InChI is InChI=1S/C27H30N2O5/c1-2-24-21(26(31)32)11-12-29(24)25(30)22-13-16(22)14-28-27(33)34-15-23-19-9-5-3-7-17(19)18-8-4-6-10-20(18)23/h3-10,16,21-24H,2,11-15H2,1H3,(H,28,33)(H,31,32)/t16-,21?,22-,24?/m0/s1. The number of rotatable bonds is 7. The molecule has 4 atom stereocenters. The Hall–Kier alpha value is -3.35. The van der Waals surface area contributed by atoms with E-state index in [4.69, 9.17) is 4.74 Å². The molecule has 2 aromatic carbocycles. The van der Waals surface area contributed by atoms with Crippen LogP contribution in [0.2, 0.25) is 0 Å². The highest BCUT2D eigenvalue weighted by molar-refractivity contribution is 5.84. The van der Waals surface area contributed by atoms with Crippen molar-refractivity contribution >= 4 is 18.0 Å². The molecule has 2 amide bonds. The van der Waals surface area contributed by atoms with E-state index in [0.717, 1.165) is 0 Å². The van der Waals surface area contributed by atoms with E-state index in [-0.39, 0.29) is 36.3 Å². The second kappa shape index (κ2) is 9.12. The van der Waals surface area contributed by atoms with Crippen molar-refractivity contribution in [3.8, 4) is 11.1 Å². The summed E-state index contributed by atoms with van der Waals surface area (Å²) in [6.45, 7) is 3.07. The molecule has 2 aliphatic carbocycles. The smallest absolute Gasteiger partial charge is 0.407 e. The molecular formula is C27H30N2O5. The van der Waals surface area contributed by atoms with Crippen LogP contribution in [0.15, 0.2) is 48.5 Å². The van der Waals surface area contributed by atoms with Gasteiger partial charge in [0.05, 0.1) is 5.92 Å². The van der Waals surface area contributed by atoms with Gasteiger partial charge in [-0.3, -0.25) is 9.59 Å². The SMILES string of the molecule is CCC1C(C(=O)O)CCN1C(=O)[C@H]1C[C@H]1CNC(=O)OCC1c2ccccc2-c2ccccc21. The molecule has 5 rings (SSSR count). The quantitative estimate of drug-likeness (QED) is 0.651. The van der Waals surface area contributed by atoms with Crippen molar-refractivity contribution in [1.29, 1.82) is 0 Å². The van der Waals surface area contributed by atoms with Crippen LogP contribution in [-0.4, -0.2) is 53.7 Å². The molecule has 1 heterocycles. The molecule has 3 aliphatic rings. The molecule has 1 saturated heterocycles. The van der Waals surface area contributed by atoms with Crippen molar-refractivity contribution < 1.29 is 24.2 Å². The molecule has 1 aliphatic heterocycles. The first-order valence-electron chi connectivity index (χ1n) is 12.1. The second-order valence-corrected chi connectivity index (χ2v) is 9.55. The molecule has 0 spiro atoms. The number of carbonyl (C=O) groups excluding carboxylic acids is 2. The lowest BCUT2D eigenvalue weighted by molar-refractivity contribution is -0.143. The van der Waals surface area contributed by atoms with Gasteiger partial charge in [0.1, 0.15) is 6.61 Å². The minimum atomic E-state index is -0.827. The Morgan fingerprint density at radius 2 is 1.68 bits per heavy atom. The molecule has 2 N–H and O–H groups in total. The lowest BCUT2D eigenvalue weighted by Gasteiger charge is -2.26. The van der Waals surface area contributed by atoms with Crippen LogP contribution in [-0.2, 0) is 14.3 Å². The largest absolute Gasteiger partial charge is 0.481 e. The third kappa shape index (κ3) is 4.04. The van der Waals surface area contributed by atoms with Gasteiger partial charge in [-0.25, -0.2) is 4.79 Å². The van der Waals surface area contributed by atoms with Crippen LogP contribution in [0, 0.1) is 17.8 Å². The van der Waals surface area contributed by atoms with Gasteiger partial charge in [-0.1, -0.05) is 55.5 Å². The normalized spacial score (nSPS) is 24.9. The van der Waals surface area contributed by atoms with Crippen molar-refractivity contribution in [1.82, 2.24) is 10.2 Å². The van der Waals surface area contributed by atoms with Gasteiger partial charge in [0.2, 0.25) is 5.91 Å². The summed E-state index contributed by atoms with van der Waals surface area (Å²) in [7, 11) is 0. The maximum atomic E-state index is 12.9. The number of hydrogen-bond acceptors (Lipinski definition) is 4. The van der Waals surface area contributed by atoms with Crippen LogP contribution < -0.4 is 5.32 Å². The van der Waals surface area contributed by atoms with E-state index >= 15 is 0 Å². The summed E-state index contributed by atoms with van der Waals surface area (Å²) in [6, 6.07) is 16.2. The fourth-order valence-electron chi connectivity index (χ4n) is 5.77. The summed E-state index contributed by atoms with van der Waals surface area (Å²) in [6.07, 6.45) is 1.39. The van der Waals surface area contributed by atoms with Crippen LogP contribution in [0.25, 0.3) is 11.1 Å². The van der Waals surface area contributed by atoms with E-state index in [9.17, 15) is 19.5 Å². The van der Waals surface area contributed by atoms with E-state index in [1.54, 1.807) is 4.90 Å². The Morgan fingerprint density at radius 3 is 2.29 bits per heavy atom. The molecule has 2 fully saturated rings. The van der Waals surface area contributed by atoms with Crippen LogP contribution in [0.1, 0.15) is 43.2 Å². The molecule has 0 aromatic heterocycles. The summed E-state index contributed by atoms with van der Waals surface area (Å²) in [5, 5.41) is 12.2. The molecule has 7 nitrogen and oxygen atoms in total. The fourth-order valence-corrected chi connectivity index (χ4v) is 5.77. The number of nitrogens with zero attached hydrogens (tertiary/aromatic N) is 1. The number of fused-ring (bicyclic) bond motifs is 3.